The van der Waals surface area contributed by atoms with Crippen molar-refractivity contribution in [3.8, 4) is 0 Å². The van der Waals surface area contributed by atoms with Gasteiger partial charge in [-0.25, -0.2) is 9.59 Å². The molecule has 5 nitrogen and oxygen atoms in total. The first-order chi connectivity index (χ1) is 6.45. The van der Waals surface area contributed by atoms with Gasteiger partial charge in [0.2, 0.25) is 0 Å². The van der Waals surface area contributed by atoms with Gasteiger partial charge >= 0.3 is 11.9 Å². The minimum absolute atomic E-state index is 0. The van der Waals surface area contributed by atoms with E-state index in [2.05, 4.69) is 19.1 Å². The molecule has 0 aromatic heterocycles. The van der Waals surface area contributed by atoms with Crippen molar-refractivity contribution in [2.24, 2.45) is 11.7 Å². The van der Waals surface area contributed by atoms with Crippen LogP contribution in [0.15, 0.2) is 12.2 Å². The van der Waals surface area contributed by atoms with Crippen molar-refractivity contribution in [2.75, 3.05) is 0 Å². The molecule has 0 radical (unpaired) electrons. The maximum Gasteiger partial charge on any atom is 0.414 e. The Balaban J connectivity index is 0. The second-order valence-electron chi connectivity index (χ2n) is 2.98. The largest absolute Gasteiger partial charge is 0.473 e. The van der Waals surface area contributed by atoms with Crippen molar-refractivity contribution >= 4 is 11.9 Å². The second-order valence-corrected chi connectivity index (χ2v) is 2.98. The topological polar surface area (TPSA) is 101 Å². The summed E-state index contributed by atoms with van der Waals surface area (Å²) >= 11 is 0. The van der Waals surface area contributed by atoms with E-state index < -0.39 is 11.9 Å². The van der Waals surface area contributed by atoms with E-state index in [1.165, 1.54) is 0 Å². The molecule has 15 heavy (non-hydrogen) atoms. The molecule has 0 saturated heterocycles. The molecule has 0 saturated carbocycles. The van der Waals surface area contributed by atoms with Crippen molar-refractivity contribution in [1.29, 1.82) is 0 Å². The summed E-state index contributed by atoms with van der Waals surface area (Å²) in [5.41, 5.74) is 5.66. The predicted octanol–water partition coefficient (Wildman–Crippen LogP) is 0.267. The van der Waals surface area contributed by atoms with Crippen LogP contribution in [0.3, 0.4) is 0 Å². The number of nitrogens with two attached hydrogens (primary N) is 1. The molecular formula is C9H14NO4Pt-. The first-order valence-electron chi connectivity index (χ1n) is 4.15. The smallest absolute Gasteiger partial charge is 0.414 e. The summed E-state index contributed by atoms with van der Waals surface area (Å²) in [6.07, 6.45) is 6.35. The first-order valence-corrected chi connectivity index (χ1v) is 4.15. The van der Waals surface area contributed by atoms with Crippen LogP contribution in [0.1, 0.15) is 12.8 Å². The molecule has 0 aromatic carbocycles. The van der Waals surface area contributed by atoms with E-state index in [0.29, 0.717) is 12.0 Å². The SMILES string of the molecule is O=C(O)C(=O)O.[CH2-][C@@H]1CC=CC[C@H]1N.[Pt]. The number of hydrogen-bond acceptors (Lipinski definition) is 3. The molecule has 0 aromatic rings. The summed E-state index contributed by atoms with van der Waals surface area (Å²) in [6.45, 7) is 3.90. The minimum Gasteiger partial charge on any atom is -0.473 e. The maximum absolute atomic E-state index is 9.10. The Kier molecular flexibility index (Phi) is 9.63. The Morgan fingerprint density at radius 1 is 1.20 bits per heavy atom. The predicted molar refractivity (Wildman–Crippen MR) is 50.5 cm³/mol. The summed E-state index contributed by atoms with van der Waals surface area (Å²) < 4.78 is 0. The van der Waals surface area contributed by atoms with Crippen LogP contribution in [0.25, 0.3) is 0 Å². The molecule has 1 aliphatic rings. The molecule has 1 aliphatic carbocycles. The zero-order valence-electron chi connectivity index (χ0n) is 8.04. The third-order valence-electron chi connectivity index (χ3n) is 1.80. The van der Waals surface area contributed by atoms with Crippen LogP contribution in [0, 0.1) is 12.8 Å². The molecule has 90 valence electrons. The normalized spacial score (nSPS) is 23.1. The van der Waals surface area contributed by atoms with E-state index in [1.807, 2.05) is 0 Å². The summed E-state index contributed by atoms with van der Waals surface area (Å²) in [6, 6.07) is 0.306. The summed E-state index contributed by atoms with van der Waals surface area (Å²) in [5.74, 6) is -3.20. The fourth-order valence-electron chi connectivity index (χ4n) is 0.892. The van der Waals surface area contributed by atoms with Crippen molar-refractivity contribution in [2.45, 2.75) is 18.9 Å². The maximum atomic E-state index is 9.10. The van der Waals surface area contributed by atoms with E-state index >= 15 is 0 Å². The quantitative estimate of drug-likeness (QED) is 0.311. The molecule has 0 amide bonds. The molecule has 0 fully saturated rings. The fraction of sp³-hybridized carbons (Fsp3) is 0.444. The van der Waals surface area contributed by atoms with E-state index in [-0.39, 0.29) is 21.1 Å². The average molecular weight is 395 g/mol. The van der Waals surface area contributed by atoms with Gasteiger partial charge in [-0.1, -0.05) is 18.6 Å². The molecule has 0 unspecified atom stereocenters. The Hall–Kier alpha value is -0.672. The Labute approximate surface area is 103 Å². The summed E-state index contributed by atoms with van der Waals surface area (Å²) in [7, 11) is 0. The molecule has 6 heteroatoms. The number of allylic oxidation sites excluding steroid dienone is 1. The van der Waals surface area contributed by atoms with Crippen molar-refractivity contribution in [1.82, 2.24) is 0 Å². The van der Waals surface area contributed by atoms with Gasteiger partial charge in [-0.3, -0.25) is 0 Å². The van der Waals surface area contributed by atoms with Crippen molar-refractivity contribution in [3.05, 3.63) is 19.1 Å². The van der Waals surface area contributed by atoms with Crippen LogP contribution in [0.5, 0.6) is 0 Å². The number of rotatable bonds is 0. The first kappa shape index (κ1) is 16.7. The van der Waals surface area contributed by atoms with Gasteiger partial charge in [-0.05, 0) is 12.5 Å². The van der Waals surface area contributed by atoms with Gasteiger partial charge in [0, 0.05) is 21.1 Å². The zero-order valence-corrected chi connectivity index (χ0v) is 10.3. The number of aliphatic carboxylic acids is 2. The molecule has 0 aliphatic heterocycles. The van der Waals surface area contributed by atoms with Crippen LogP contribution in [-0.4, -0.2) is 28.2 Å². The Morgan fingerprint density at radius 2 is 1.60 bits per heavy atom. The van der Waals surface area contributed by atoms with Gasteiger partial charge in [0.05, 0.1) is 0 Å². The van der Waals surface area contributed by atoms with Crippen LogP contribution >= 0.6 is 0 Å². The van der Waals surface area contributed by atoms with Gasteiger partial charge in [0.15, 0.2) is 0 Å². The number of carboxylic acids is 2. The fourth-order valence-corrected chi connectivity index (χ4v) is 0.892. The van der Waals surface area contributed by atoms with E-state index in [4.69, 9.17) is 25.5 Å². The number of carbonyl (C=O) groups is 2. The van der Waals surface area contributed by atoms with Gasteiger partial charge in [-0.15, -0.1) is 0 Å². The number of carboxylic acid groups (broad SMARTS) is 2. The second kappa shape index (κ2) is 8.62. The third kappa shape index (κ3) is 8.33. The van der Waals surface area contributed by atoms with E-state index in [9.17, 15) is 0 Å². The van der Waals surface area contributed by atoms with Gasteiger partial charge in [-0.2, -0.15) is 5.92 Å². The van der Waals surface area contributed by atoms with E-state index in [0.717, 1.165) is 12.8 Å². The van der Waals surface area contributed by atoms with Crippen LogP contribution in [0.2, 0.25) is 0 Å². The van der Waals surface area contributed by atoms with Gasteiger partial charge in [0.25, 0.3) is 0 Å². The average Bonchev–Trinajstić information content (AvgIpc) is 2.11. The standard InChI is InChI=1S/C7H12N.C2H2O4.Pt/c1-6-4-2-3-5-7(6)8;3-1(4)2(5)6;/h2-3,6-7H,1,4-5,8H2;(H,3,4)(H,5,6);/q-1;;/t6-,7-;;/m1../s1. The van der Waals surface area contributed by atoms with Crippen LogP contribution < -0.4 is 5.73 Å². The Morgan fingerprint density at radius 3 is 1.80 bits per heavy atom. The number of hydrogen-bond donors (Lipinski definition) is 3. The molecule has 0 heterocycles. The van der Waals surface area contributed by atoms with Gasteiger partial charge < -0.3 is 22.9 Å². The molecule has 1 rings (SSSR count). The van der Waals surface area contributed by atoms with E-state index in [1.54, 1.807) is 0 Å². The van der Waals surface area contributed by atoms with Crippen molar-refractivity contribution in [3.63, 3.8) is 0 Å². The molecular weight excluding hydrogens is 381 g/mol. The third-order valence-corrected chi connectivity index (χ3v) is 1.80. The van der Waals surface area contributed by atoms with Crippen molar-refractivity contribution < 1.29 is 40.9 Å². The molecule has 0 bridgehead atoms. The van der Waals surface area contributed by atoms with Gasteiger partial charge in [0.1, 0.15) is 0 Å². The van der Waals surface area contributed by atoms with Crippen LogP contribution in [-0.2, 0) is 30.7 Å². The molecule has 2 atom stereocenters. The minimum atomic E-state index is -1.82. The Bertz CT molecular complexity index is 218. The summed E-state index contributed by atoms with van der Waals surface area (Å²) in [4.78, 5) is 18.2. The van der Waals surface area contributed by atoms with Crippen LogP contribution in [0.4, 0.5) is 0 Å². The molecule has 0 spiro atoms. The molecule has 4 N–H and O–H groups in total. The summed E-state index contributed by atoms with van der Waals surface area (Å²) in [5, 5.41) is 14.8. The monoisotopic (exact) mass is 395 g/mol. The zero-order chi connectivity index (χ0) is 11.1.